The first-order valence-electron chi connectivity index (χ1n) is 6.60. The average molecular weight is 300 g/mol. The van der Waals surface area contributed by atoms with E-state index in [9.17, 15) is 4.79 Å². The molecule has 0 radical (unpaired) electrons. The van der Waals surface area contributed by atoms with E-state index in [0.717, 1.165) is 19.1 Å². The Kier molecular flexibility index (Phi) is 5.24. The average Bonchev–Trinajstić information content (AvgIpc) is 3.15. The first kappa shape index (κ1) is 15.1. The fourth-order valence-electron chi connectivity index (χ4n) is 1.73. The highest BCUT2D eigenvalue weighted by atomic mass is 32.2. The van der Waals surface area contributed by atoms with Crippen LogP contribution in [0.15, 0.2) is 5.16 Å². The number of anilines is 1. The van der Waals surface area contributed by atoms with E-state index in [1.165, 1.54) is 24.6 Å². The third-order valence-corrected chi connectivity index (χ3v) is 4.10. The first-order chi connectivity index (χ1) is 9.58. The Hall–Kier alpha value is -1.28. The molecule has 0 aliphatic heterocycles. The molecular weight excluding hydrogens is 280 g/mol. The van der Waals surface area contributed by atoms with Gasteiger partial charge in [0.2, 0.25) is 5.95 Å². The smallest absolute Gasteiger partial charge is 0.313 e. The van der Waals surface area contributed by atoms with Crippen LogP contribution >= 0.6 is 11.8 Å². The predicted octanol–water partition coefficient (Wildman–Crippen LogP) is 0.855. The fraction of sp³-hybridized carbons (Fsp3) is 0.750. The highest BCUT2D eigenvalue weighted by molar-refractivity contribution is 7.99. The van der Waals surface area contributed by atoms with Crippen LogP contribution in [0.5, 0.6) is 0 Å². The number of aromatic nitrogens is 3. The summed E-state index contributed by atoms with van der Waals surface area (Å²) in [6.45, 7) is 2.26. The van der Waals surface area contributed by atoms with Gasteiger partial charge >= 0.3 is 5.97 Å². The minimum Gasteiger partial charge on any atom is -0.481 e. The van der Waals surface area contributed by atoms with Crippen LogP contribution in [0, 0.1) is 5.92 Å². The maximum Gasteiger partial charge on any atom is 0.313 e. The van der Waals surface area contributed by atoms with E-state index < -0.39 is 5.97 Å². The zero-order valence-electron chi connectivity index (χ0n) is 11.8. The van der Waals surface area contributed by atoms with Crippen molar-refractivity contribution in [3.8, 4) is 0 Å². The normalized spacial score (nSPS) is 14.5. The molecule has 1 fully saturated rings. The van der Waals surface area contributed by atoms with Gasteiger partial charge in [-0.15, -0.1) is 10.2 Å². The van der Waals surface area contributed by atoms with Gasteiger partial charge in [-0.3, -0.25) is 9.36 Å². The second-order valence-corrected chi connectivity index (χ2v) is 5.91. The number of hydrogen-bond acceptors (Lipinski definition) is 6. The number of ether oxygens (including phenoxy) is 1. The van der Waals surface area contributed by atoms with Crippen LogP contribution in [-0.4, -0.2) is 58.4 Å². The summed E-state index contributed by atoms with van der Waals surface area (Å²) < 4.78 is 7.39. The number of carboxylic acids is 1. The van der Waals surface area contributed by atoms with E-state index in [-0.39, 0.29) is 5.75 Å². The Morgan fingerprint density at radius 1 is 1.55 bits per heavy atom. The monoisotopic (exact) mass is 300 g/mol. The number of likely N-dealkylation sites (N-methyl/N-ethyl adjacent to an activating group) is 1. The lowest BCUT2D eigenvalue weighted by Gasteiger charge is -2.17. The molecule has 1 N–H and O–H groups in total. The van der Waals surface area contributed by atoms with E-state index in [4.69, 9.17) is 9.84 Å². The maximum absolute atomic E-state index is 10.6. The van der Waals surface area contributed by atoms with Gasteiger partial charge in [-0.25, -0.2) is 0 Å². The van der Waals surface area contributed by atoms with Crippen molar-refractivity contribution in [2.75, 3.05) is 37.5 Å². The standard InChI is InChI=1S/C12H20N4O3S/c1-15(5-6-19-7-9-3-4-9)11-13-14-12(16(11)2)20-8-10(17)18/h9H,3-8H2,1-2H3,(H,17,18). The number of aliphatic carboxylic acids is 1. The molecule has 0 amide bonds. The third kappa shape index (κ3) is 4.38. The lowest BCUT2D eigenvalue weighted by Crippen LogP contribution is -2.25. The second kappa shape index (κ2) is 6.94. The number of rotatable bonds is 9. The summed E-state index contributed by atoms with van der Waals surface area (Å²) >= 11 is 1.17. The molecule has 0 unspecified atom stereocenters. The van der Waals surface area contributed by atoms with Crippen LogP contribution in [0.25, 0.3) is 0 Å². The number of hydrogen-bond donors (Lipinski definition) is 1. The Balaban J connectivity index is 1.78. The summed E-state index contributed by atoms with van der Waals surface area (Å²) in [5.74, 6) is 0.614. The van der Waals surface area contributed by atoms with Crippen LogP contribution in [0.1, 0.15) is 12.8 Å². The van der Waals surface area contributed by atoms with E-state index >= 15 is 0 Å². The summed E-state index contributed by atoms with van der Waals surface area (Å²) in [5, 5.41) is 17.4. The molecule has 0 bridgehead atoms. The fourth-order valence-corrected chi connectivity index (χ4v) is 2.35. The van der Waals surface area contributed by atoms with Crippen molar-refractivity contribution in [1.29, 1.82) is 0 Å². The Labute approximate surface area is 122 Å². The van der Waals surface area contributed by atoms with E-state index in [1.807, 2.05) is 19.0 Å². The molecule has 2 rings (SSSR count). The first-order valence-corrected chi connectivity index (χ1v) is 7.59. The molecule has 112 valence electrons. The maximum atomic E-state index is 10.6. The van der Waals surface area contributed by atoms with Gasteiger partial charge in [0.05, 0.1) is 12.4 Å². The quantitative estimate of drug-likeness (QED) is 0.535. The highest BCUT2D eigenvalue weighted by Crippen LogP contribution is 2.28. The molecule has 0 atom stereocenters. The van der Waals surface area contributed by atoms with Crippen molar-refractivity contribution in [3.63, 3.8) is 0 Å². The third-order valence-electron chi connectivity index (χ3n) is 3.10. The van der Waals surface area contributed by atoms with Crippen molar-refractivity contribution in [2.24, 2.45) is 13.0 Å². The van der Waals surface area contributed by atoms with Crippen LogP contribution < -0.4 is 4.90 Å². The molecule has 1 saturated carbocycles. The van der Waals surface area contributed by atoms with Crippen molar-refractivity contribution >= 4 is 23.7 Å². The van der Waals surface area contributed by atoms with Gasteiger partial charge in [0.15, 0.2) is 5.16 Å². The summed E-state index contributed by atoms with van der Waals surface area (Å²) in [7, 11) is 3.76. The summed E-state index contributed by atoms with van der Waals surface area (Å²) in [6, 6.07) is 0. The number of carbonyl (C=O) groups is 1. The molecular formula is C12H20N4O3S. The summed E-state index contributed by atoms with van der Waals surface area (Å²) in [5.41, 5.74) is 0. The van der Waals surface area contributed by atoms with Gasteiger partial charge in [-0.2, -0.15) is 0 Å². The Morgan fingerprint density at radius 2 is 2.30 bits per heavy atom. The van der Waals surface area contributed by atoms with E-state index in [1.54, 1.807) is 4.57 Å². The molecule has 1 aliphatic rings. The van der Waals surface area contributed by atoms with Gasteiger partial charge in [-0.1, -0.05) is 11.8 Å². The van der Waals surface area contributed by atoms with Gasteiger partial charge in [-0.05, 0) is 18.8 Å². The molecule has 0 aromatic carbocycles. The minimum atomic E-state index is -0.860. The lowest BCUT2D eigenvalue weighted by molar-refractivity contribution is -0.133. The molecule has 1 aromatic heterocycles. The van der Waals surface area contributed by atoms with Crippen LogP contribution in [0.2, 0.25) is 0 Å². The Morgan fingerprint density at radius 3 is 2.95 bits per heavy atom. The minimum absolute atomic E-state index is 0.0137. The van der Waals surface area contributed by atoms with Crippen LogP contribution in [0.3, 0.4) is 0 Å². The van der Waals surface area contributed by atoms with Crippen molar-refractivity contribution < 1.29 is 14.6 Å². The zero-order valence-corrected chi connectivity index (χ0v) is 12.6. The van der Waals surface area contributed by atoms with Crippen molar-refractivity contribution in [3.05, 3.63) is 0 Å². The van der Waals surface area contributed by atoms with Gasteiger partial charge in [0.1, 0.15) is 0 Å². The van der Waals surface area contributed by atoms with Gasteiger partial charge in [0.25, 0.3) is 0 Å². The largest absolute Gasteiger partial charge is 0.481 e. The molecule has 7 nitrogen and oxygen atoms in total. The van der Waals surface area contributed by atoms with Crippen LogP contribution in [-0.2, 0) is 16.6 Å². The summed E-state index contributed by atoms with van der Waals surface area (Å²) in [4.78, 5) is 12.5. The van der Waals surface area contributed by atoms with Crippen molar-refractivity contribution in [1.82, 2.24) is 14.8 Å². The molecule has 8 heteroatoms. The topological polar surface area (TPSA) is 80.5 Å². The zero-order chi connectivity index (χ0) is 14.5. The van der Waals surface area contributed by atoms with Crippen LogP contribution in [0.4, 0.5) is 5.95 Å². The molecule has 0 spiro atoms. The molecule has 1 aromatic rings. The van der Waals surface area contributed by atoms with Gasteiger partial charge < -0.3 is 14.7 Å². The molecule has 0 saturated heterocycles. The predicted molar refractivity (Wildman–Crippen MR) is 76.2 cm³/mol. The van der Waals surface area contributed by atoms with Gasteiger partial charge in [0, 0.05) is 27.2 Å². The molecule has 20 heavy (non-hydrogen) atoms. The highest BCUT2D eigenvalue weighted by Gasteiger charge is 2.21. The number of thioether (sulfide) groups is 1. The number of carboxylic acid groups (broad SMARTS) is 1. The molecule has 1 aliphatic carbocycles. The summed E-state index contributed by atoms with van der Waals surface area (Å²) in [6.07, 6.45) is 2.59. The number of nitrogens with zero attached hydrogens (tertiary/aromatic N) is 4. The second-order valence-electron chi connectivity index (χ2n) is 4.96. The SMILES string of the molecule is CN(CCOCC1CC1)c1nnc(SCC(=O)O)n1C. The van der Waals surface area contributed by atoms with E-state index in [2.05, 4.69) is 10.2 Å². The Bertz CT molecular complexity index is 462. The van der Waals surface area contributed by atoms with E-state index in [0.29, 0.717) is 17.7 Å². The van der Waals surface area contributed by atoms with Crippen molar-refractivity contribution in [2.45, 2.75) is 18.0 Å². The molecule has 1 heterocycles. The lowest BCUT2D eigenvalue weighted by atomic mass is 10.5.